The monoisotopic (exact) mass is 320 g/mol. The van der Waals surface area contributed by atoms with Crippen molar-refractivity contribution in [1.82, 2.24) is 0 Å². The molecule has 0 spiro atoms. The SMILES string of the molecule is S=P([S-])(Oc1ccccc1)Oc1ccccc1.[K+]. The van der Waals surface area contributed by atoms with Gasteiger partial charge >= 0.3 is 51.4 Å². The maximum atomic E-state index is 5.52. The van der Waals surface area contributed by atoms with Gasteiger partial charge in [-0.15, -0.1) is 0 Å². The Kier molecular flexibility index (Phi) is 7.50. The fourth-order valence-corrected chi connectivity index (χ4v) is 3.07. The van der Waals surface area contributed by atoms with E-state index in [-0.39, 0.29) is 51.4 Å². The molecule has 0 aliphatic rings. The molecule has 2 aromatic rings. The molecule has 2 nitrogen and oxygen atoms in total. The first kappa shape index (κ1) is 16.7. The van der Waals surface area contributed by atoms with Gasteiger partial charge in [0, 0.05) is 0 Å². The molecule has 0 atom stereocenters. The molecular weight excluding hydrogens is 310 g/mol. The van der Waals surface area contributed by atoms with Gasteiger partial charge in [0.1, 0.15) is 11.5 Å². The summed E-state index contributed by atoms with van der Waals surface area (Å²) >= 11 is 10.4. The third kappa shape index (κ3) is 5.76. The second-order valence-corrected chi connectivity index (χ2v) is 8.09. The molecule has 0 amide bonds. The van der Waals surface area contributed by atoms with E-state index in [1.54, 1.807) is 0 Å². The normalized spacial score (nSPS) is 10.3. The van der Waals surface area contributed by atoms with Gasteiger partial charge in [0.25, 0.3) is 0 Å². The zero-order valence-corrected chi connectivity index (χ0v) is 15.5. The minimum Gasteiger partial charge on any atom is -0.665 e. The molecule has 0 heterocycles. The van der Waals surface area contributed by atoms with E-state index in [0.29, 0.717) is 11.5 Å². The van der Waals surface area contributed by atoms with Crippen LogP contribution in [0.15, 0.2) is 60.7 Å². The van der Waals surface area contributed by atoms with Crippen LogP contribution in [0.1, 0.15) is 0 Å². The first-order valence-electron chi connectivity index (χ1n) is 4.96. The molecule has 0 bridgehead atoms. The minimum atomic E-state index is -2.72. The first-order valence-corrected chi connectivity index (χ1v) is 8.61. The van der Waals surface area contributed by atoms with E-state index in [4.69, 9.17) is 33.1 Å². The Balaban J connectivity index is 0.00000162. The molecule has 0 unspecified atom stereocenters. The third-order valence-corrected chi connectivity index (χ3v) is 3.68. The zero-order chi connectivity index (χ0) is 12.1. The summed E-state index contributed by atoms with van der Waals surface area (Å²) in [5.41, 5.74) is -2.72. The van der Waals surface area contributed by atoms with Gasteiger partial charge in [-0.2, -0.15) is 0 Å². The van der Waals surface area contributed by atoms with Crippen molar-refractivity contribution in [2.45, 2.75) is 0 Å². The molecule has 0 aliphatic carbocycles. The van der Waals surface area contributed by atoms with Gasteiger partial charge in [-0.1, -0.05) is 36.4 Å². The van der Waals surface area contributed by atoms with Crippen molar-refractivity contribution >= 4 is 29.7 Å². The molecular formula is C12H10KO2PS2. The van der Waals surface area contributed by atoms with E-state index < -0.39 is 5.69 Å². The summed E-state index contributed by atoms with van der Waals surface area (Å²) in [6, 6.07) is 18.5. The molecule has 6 heteroatoms. The average Bonchev–Trinajstić information content (AvgIpc) is 2.30. The van der Waals surface area contributed by atoms with Crippen molar-refractivity contribution in [2.75, 3.05) is 0 Å². The molecule has 0 radical (unpaired) electrons. The largest absolute Gasteiger partial charge is 1.00 e. The van der Waals surface area contributed by atoms with Crippen LogP contribution in [-0.4, -0.2) is 0 Å². The Morgan fingerprint density at radius 1 is 0.778 bits per heavy atom. The molecule has 18 heavy (non-hydrogen) atoms. The summed E-state index contributed by atoms with van der Waals surface area (Å²) in [7, 11) is 0. The quantitative estimate of drug-likeness (QED) is 0.474. The summed E-state index contributed by atoms with van der Waals surface area (Å²) in [6.07, 6.45) is 0. The van der Waals surface area contributed by atoms with Gasteiger partial charge in [-0.3, -0.25) is 0 Å². The molecule has 88 valence electrons. The Morgan fingerprint density at radius 2 is 1.11 bits per heavy atom. The molecule has 2 aromatic carbocycles. The van der Waals surface area contributed by atoms with E-state index in [2.05, 4.69) is 0 Å². The van der Waals surface area contributed by atoms with Gasteiger partial charge < -0.3 is 21.3 Å². The van der Waals surface area contributed by atoms with Crippen LogP contribution in [0.2, 0.25) is 0 Å². The standard InChI is InChI=1S/C12H11O2PS2.K/c16-15(17,13-11-7-3-1-4-8-11)14-12-9-5-2-6-10-12;/h1-10H,(H,16,17);/q;+1/p-1. The molecule has 0 saturated carbocycles. The van der Waals surface area contributed by atoms with Gasteiger partial charge in [-0.05, 0) is 36.1 Å². The van der Waals surface area contributed by atoms with Gasteiger partial charge in [0.2, 0.25) is 0 Å². The van der Waals surface area contributed by atoms with Crippen LogP contribution in [0.5, 0.6) is 11.5 Å². The minimum absolute atomic E-state index is 0. The summed E-state index contributed by atoms with van der Waals surface area (Å²) in [4.78, 5) is 0. The summed E-state index contributed by atoms with van der Waals surface area (Å²) < 4.78 is 11.0. The van der Waals surface area contributed by atoms with Crippen LogP contribution < -0.4 is 60.4 Å². The zero-order valence-electron chi connectivity index (χ0n) is 9.85. The third-order valence-electron chi connectivity index (χ3n) is 1.92. The van der Waals surface area contributed by atoms with Crippen LogP contribution in [0.4, 0.5) is 0 Å². The van der Waals surface area contributed by atoms with Gasteiger partial charge in [0.15, 0.2) is 5.69 Å². The van der Waals surface area contributed by atoms with Crippen molar-refractivity contribution in [2.24, 2.45) is 0 Å². The predicted molar refractivity (Wildman–Crippen MR) is 75.8 cm³/mol. The van der Waals surface area contributed by atoms with E-state index in [1.165, 1.54) is 0 Å². The second-order valence-electron chi connectivity index (χ2n) is 3.26. The van der Waals surface area contributed by atoms with Crippen LogP contribution in [0, 0.1) is 0 Å². The number of para-hydroxylation sites is 2. The van der Waals surface area contributed by atoms with E-state index in [1.807, 2.05) is 60.7 Å². The fourth-order valence-electron chi connectivity index (χ4n) is 1.24. The topological polar surface area (TPSA) is 18.5 Å². The number of rotatable bonds is 4. The maximum Gasteiger partial charge on any atom is 1.00 e. The van der Waals surface area contributed by atoms with E-state index in [0.717, 1.165) is 0 Å². The van der Waals surface area contributed by atoms with Crippen molar-refractivity contribution in [3.8, 4) is 11.5 Å². The smallest absolute Gasteiger partial charge is 0.665 e. The first-order chi connectivity index (χ1) is 8.16. The fraction of sp³-hybridized carbons (Fsp3) is 0. The molecule has 0 N–H and O–H groups in total. The Labute approximate surface area is 160 Å². The predicted octanol–water partition coefficient (Wildman–Crippen LogP) is 0.920. The average molecular weight is 320 g/mol. The van der Waals surface area contributed by atoms with Gasteiger partial charge in [0.05, 0.1) is 0 Å². The van der Waals surface area contributed by atoms with Crippen molar-refractivity contribution in [3.63, 3.8) is 0 Å². The van der Waals surface area contributed by atoms with Crippen molar-refractivity contribution in [1.29, 1.82) is 0 Å². The van der Waals surface area contributed by atoms with Gasteiger partial charge in [-0.25, -0.2) is 0 Å². The number of benzene rings is 2. The molecule has 0 saturated heterocycles. The molecule has 0 aliphatic heterocycles. The molecule has 0 fully saturated rings. The maximum absolute atomic E-state index is 5.52. The Bertz CT molecular complexity index is 477. The van der Waals surface area contributed by atoms with Crippen molar-refractivity contribution in [3.05, 3.63) is 60.7 Å². The summed E-state index contributed by atoms with van der Waals surface area (Å²) in [5, 5.41) is 0. The van der Waals surface area contributed by atoms with Crippen LogP contribution in [0.3, 0.4) is 0 Å². The van der Waals surface area contributed by atoms with Crippen LogP contribution >= 0.6 is 5.69 Å². The number of hydrogen-bond acceptors (Lipinski definition) is 4. The van der Waals surface area contributed by atoms with Crippen molar-refractivity contribution < 1.29 is 60.4 Å². The van der Waals surface area contributed by atoms with Crippen LogP contribution in [-0.2, 0) is 24.1 Å². The Morgan fingerprint density at radius 3 is 1.44 bits per heavy atom. The van der Waals surface area contributed by atoms with E-state index >= 15 is 0 Å². The number of hydrogen-bond donors (Lipinski definition) is 0. The van der Waals surface area contributed by atoms with E-state index in [9.17, 15) is 0 Å². The Hall–Kier alpha value is 0.676. The second kappa shape index (κ2) is 8.07. The molecule has 2 rings (SSSR count). The van der Waals surface area contributed by atoms with Crippen LogP contribution in [0.25, 0.3) is 0 Å². The summed E-state index contributed by atoms with van der Waals surface area (Å²) in [5.74, 6) is 1.28. The molecule has 0 aromatic heterocycles. The summed E-state index contributed by atoms with van der Waals surface area (Å²) in [6.45, 7) is 0.